The summed E-state index contributed by atoms with van der Waals surface area (Å²) in [7, 11) is 0. The molecule has 2 aromatic carbocycles. The summed E-state index contributed by atoms with van der Waals surface area (Å²) in [5.41, 5.74) is 1.64. The first-order valence-corrected chi connectivity index (χ1v) is 9.01. The number of aryl methyl sites for hydroxylation is 2. The molecule has 0 saturated carbocycles. The molecule has 0 aliphatic heterocycles. The van der Waals surface area contributed by atoms with E-state index in [1.807, 2.05) is 50.2 Å². The van der Waals surface area contributed by atoms with Gasteiger partial charge in [0, 0.05) is 23.4 Å². The van der Waals surface area contributed by atoms with Gasteiger partial charge in [0.05, 0.1) is 5.69 Å². The van der Waals surface area contributed by atoms with E-state index in [1.54, 1.807) is 12.1 Å². The Kier molecular flexibility index (Phi) is 4.49. The third kappa shape index (κ3) is 3.29. The van der Waals surface area contributed by atoms with Gasteiger partial charge in [0.2, 0.25) is 5.95 Å². The van der Waals surface area contributed by atoms with Crippen molar-refractivity contribution in [3.8, 4) is 5.95 Å². The number of fused-ring (bicyclic) bond motifs is 1. The standard InChI is InChI=1S/C21H19N5O2/c1-3-15-12-19(27)24-21(22-15)26-18(11-13(2)25-26)23-20(28)17-10-6-8-14-7-4-5-9-16(14)17/h4-12H,3H2,1-2H3,(H,23,28)(H,22,24,27). The van der Waals surface area contributed by atoms with Crippen molar-refractivity contribution in [2.24, 2.45) is 0 Å². The van der Waals surface area contributed by atoms with Crippen LogP contribution in [0, 0.1) is 6.92 Å². The summed E-state index contributed by atoms with van der Waals surface area (Å²) < 4.78 is 1.44. The molecule has 0 aliphatic carbocycles. The van der Waals surface area contributed by atoms with Crippen molar-refractivity contribution in [1.82, 2.24) is 19.7 Å². The Morgan fingerprint density at radius 2 is 1.93 bits per heavy atom. The molecule has 4 aromatic rings. The third-order valence-corrected chi connectivity index (χ3v) is 4.45. The predicted molar refractivity (Wildman–Crippen MR) is 108 cm³/mol. The molecule has 2 N–H and O–H groups in total. The number of anilines is 1. The zero-order valence-electron chi connectivity index (χ0n) is 15.6. The normalized spacial score (nSPS) is 10.9. The van der Waals surface area contributed by atoms with E-state index < -0.39 is 0 Å². The molecule has 7 nitrogen and oxygen atoms in total. The molecule has 0 bridgehead atoms. The van der Waals surface area contributed by atoms with Crippen LogP contribution in [0.3, 0.4) is 0 Å². The molecular formula is C21H19N5O2. The number of hydrogen-bond acceptors (Lipinski definition) is 4. The highest BCUT2D eigenvalue weighted by Crippen LogP contribution is 2.21. The van der Waals surface area contributed by atoms with Gasteiger partial charge >= 0.3 is 0 Å². The minimum atomic E-state index is -0.263. The molecule has 2 heterocycles. The van der Waals surface area contributed by atoms with E-state index in [1.165, 1.54) is 10.7 Å². The number of rotatable bonds is 4. The summed E-state index contributed by atoms with van der Waals surface area (Å²) >= 11 is 0. The van der Waals surface area contributed by atoms with E-state index in [0.29, 0.717) is 29.2 Å². The maximum absolute atomic E-state index is 13.0. The van der Waals surface area contributed by atoms with Crippen LogP contribution in [0.1, 0.15) is 28.7 Å². The minimum Gasteiger partial charge on any atom is -0.306 e. The van der Waals surface area contributed by atoms with Gasteiger partial charge in [-0.2, -0.15) is 9.78 Å². The second kappa shape index (κ2) is 7.11. The minimum absolute atomic E-state index is 0.257. The van der Waals surface area contributed by atoms with Crippen LogP contribution in [0.15, 0.2) is 59.4 Å². The fourth-order valence-electron chi connectivity index (χ4n) is 3.13. The monoisotopic (exact) mass is 373 g/mol. The summed E-state index contributed by atoms with van der Waals surface area (Å²) in [6.07, 6.45) is 0.620. The lowest BCUT2D eigenvalue weighted by Crippen LogP contribution is -2.19. The van der Waals surface area contributed by atoms with Crippen molar-refractivity contribution in [3.63, 3.8) is 0 Å². The first kappa shape index (κ1) is 17.7. The number of carbonyl (C=O) groups excluding carboxylic acids is 1. The largest absolute Gasteiger partial charge is 0.306 e. The molecular weight excluding hydrogens is 354 g/mol. The first-order chi connectivity index (χ1) is 13.5. The Balaban J connectivity index is 1.74. The molecule has 140 valence electrons. The van der Waals surface area contributed by atoms with Gasteiger partial charge in [0.25, 0.3) is 11.5 Å². The van der Waals surface area contributed by atoms with Gasteiger partial charge in [-0.3, -0.25) is 14.6 Å². The number of nitrogens with one attached hydrogen (secondary N) is 2. The molecule has 2 aromatic heterocycles. The number of nitrogens with zero attached hydrogens (tertiary/aromatic N) is 3. The fourth-order valence-corrected chi connectivity index (χ4v) is 3.13. The van der Waals surface area contributed by atoms with Gasteiger partial charge in [0.1, 0.15) is 5.82 Å². The van der Waals surface area contributed by atoms with Crippen LogP contribution >= 0.6 is 0 Å². The Morgan fingerprint density at radius 1 is 1.14 bits per heavy atom. The Hall–Kier alpha value is -3.74. The molecule has 28 heavy (non-hydrogen) atoms. The molecule has 4 rings (SSSR count). The number of aromatic nitrogens is 4. The SMILES string of the molecule is CCc1cc(=O)[nH]c(-n2nc(C)cc2NC(=O)c2cccc3ccccc23)n1. The van der Waals surface area contributed by atoms with Gasteiger partial charge in [0.15, 0.2) is 0 Å². The van der Waals surface area contributed by atoms with E-state index in [0.717, 1.165) is 10.8 Å². The predicted octanol–water partition coefficient (Wildman–Crippen LogP) is 3.23. The summed E-state index contributed by atoms with van der Waals surface area (Å²) in [5, 5.41) is 9.12. The molecule has 0 saturated heterocycles. The van der Waals surface area contributed by atoms with Gasteiger partial charge in [-0.1, -0.05) is 43.3 Å². The Labute approximate surface area is 161 Å². The first-order valence-electron chi connectivity index (χ1n) is 9.01. The summed E-state index contributed by atoms with van der Waals surface area (Å²) in [6.45, 7) is 3.73. The summed E-state index contributed by atoms with van der Waals surface area (Å²) in [4.78, 5) is 32.0. The van der Waals surface area contributed by atoms with Crippen molar-refractivity contribution in [2.45, 2.75) is 20.3 Å². The van der Waals surface area contributed by atoms with Crippen molar-refractivity contribution in [1.29, 1.82) is 0 Å². The number of aromatic amines is 1. The highest BCUT2D eigenvalue weighted by Gasteiger charge is 2.16. The van der Waals surface area contributed by atoms with Crippen LogP contribution in [0.4, 0.5) is 5.82 Å². The van der Waals surface area contributed by atoms with Crippen LogP contribution in [0.25, 0.3) is 16.7 Å². The lowest BCUT2D eigenvalue weighted by Gasteiger charge is -2.10. The maximum Gasteiger partial charge on any atom is 0.257 e. The highest BCUT2D eigenvalue weighted by atomic mass is 16.1. The van der Waals surface area contributed by atoms with Gasteiger partial charge in [-0.15, -0.1) is 0 Å². The summed E-state index contributed by atoms with van der Waals surface area (Å²) in [6, 6.07) is 16.5. The zero-order chi connectivity index (χ0) is 19.7. The Bertz CT molecular complexity index is 1230. The second-order valence-corrected chi connectivity index (χ2v) is 6.48. The van der Waals surface area contributed by atoms with E-state index in [9.17, 15) is 9.59 Å². The van der Waals surface area contributed by atoms with E-state index in [2.05, 4.69) is 20.4 Å². The molecule has 0 aliphatic rings. The topological polar surface area (TPSA) is 92.7 Å². The zero-order valence-corrected chi connectivity index (χ0v) is 15.6. The van der Waals surface area contributed by atoms with Crippen LogP contribution in [-0.2, 0) is 6.42 Å². The number of benzene rings is 2. The molecule has 7 heteroatoms. The highest BCUT2D eigenvalue weighted by molar-refractivity contribution is 6.12. The molecule has 1 amide bonds. The number of hydrogen-bond donors (Lipinski definition) is 2. The smallest absolute Gasteiger partial charge is 0.257 e. The number of carbonyl (C=O) groups is 1. The van der Waals surface area contributed by atoms with E-state index >= 15 is 0 Å². The second-order valence-electron chi connectivity index (χ2n) is 6.48. The van der Waals surface area contributed by atoms with Crippen molar-refractivity contribution in [3.05, 3.63) is 81.9 Å². The van der Waals surface area contributed by atoms with Crippen molar-refractivity contribution >= 4 is 22.5 Å². The van der Waals surface area contributed by atoms with E-state index in [4.69, 9.17) is 0 Å². The third-order valence-electron chi connectivity index (χ3n) is 4.45. The van der Waals surface area contributed by atoms with Gasteiger partial charge < -0.3 is 5.32 Å². The quantitative estimate of drug-likeness (QED) is 0.574. The fraction of sp³-hybridized carbons (Fsp3) is 0.143. The lowest BCUT2D eigenvalue weighted by molar-refractivity contribution is 0.102. The van der Waals surface area contributed by atoms with Gasteiger partial charge in [-0.25, -0.2) is 4.98 Å². The van der Waals surface area contributed by atoms with E-state index in [-0.39, 0.29) is 17.4 Å². The summed E-state index contributed by atoms with van der Waals surface area (Å²) in [5.74, 6) is 0.449. The average Bonchev–Trinajstić information content (AvgIpc) is 3.07. The maximum atomic E-state index is 13.0. The van der Waals surface area contributed by atoms with Crippen LogP contribution in [0.2, 0.25) is 0 Å². The van der Waals surface area contributed by atoms with Crippen LogP contribution in [0.5, 0.6) is 0 Å². The molecule has 0 radical (unpaired) electrons. The lowest BCUT2D eigenvalue weighted by atomic mass is 10.0. The average molecular weight is 373 g/mol. The van der Waals surface area contributed by atoms with Crippen molar-refractivity contribution in [2.75, 3.05) is 5.32 Å². The van der Waals surface area contributed by atoms with Gasteiger partial charge in [-0.05, 0) is 30.2 Å². The number of amides is 1. The Morgan fingerprint density at radius 3 is 2.75 bits per heavy atom. The number of H-pyrrole nitrogens is 1. The van der Waals surface area contributed by atoms with Crippen molar-refractivity contribution < 1.29 is 4.79 Å². The molecule has 0 atom stereocenters. The molecule has 0 fully saturated rings. The molecule has 0 unspecified atom stereocenters. The molecule has 0 spiro atoms. The van der Waals surface area contributed by atoms with Crippen LogP contribution in [-0.4, -0.2) is 25.7 Å². The van der Waals surface area contributed by atoms with Crippen LogP contribution < -0.4 is 10.9 Å².